The quantitative estimate of drug-likeness (QED) is 0.843. The first-order chi connectivity index (χ1) is 10.0. The molecule has 0 heterocycles. The van der Waals surface area contributed by atoms with Gasteiger partial charge in [0.2, 0.25) is 0 Å². The van der Waals surface area contributed by atoms with E-state index in [1.807, 2.05) is 38.1 Å². The van der Waals surface area contributed by atoms with Crippen molar-refractivity contribution in [2.45, 2.75) is 32.4 Å². The molecule has 0 radical (unpaired) electrons. The third-order valence-corrected chi connectivity index (χ3v) is 3.91. The molecular weight excluding hydrogens is 333 g/mol. The smallest absolute Gasteiger partial charge is 0.165 e. The summed E-state index contributed by atoms with van der Waals surface area (Å²) < 4.78 is 20.5. The lowest BCUT2D eigenvalue weighted by atomic mass is 10.00. The first-order valence-electron chi connectivity index (χ1n) is 6.95. The molecule has 112 valence electrons. The number of aryl methyl sites for hydroxylation is 1. The lowest BCUT2D eigenvalue weighted by Gasteiger charge is -2.25. The van der Waals surface area contributed by atoms with Crippen LogP contribution in [0.1, 0.15) is 30.6 Å². The van der Waals surface area contributed by atoms with Crippen LogP contribution in [0.15, 0.2) is 46.9 Å². The van der Waals surface area contributed by atoms with Crippen LogP contribution in [-0.2, 0) is 0 Å². The molecule has 2 unspecified atom stereocenters. The number of benzene rings is 2. The molecule has 2 rings (SSSR count). The number of halogens is 2. The second-order valence-electron chi connectivity index (χ2n) is 5.10. The molecule has 0 aliphatic rings. The largest absolute Gasteiger partial charge is 0.481 e. The number of ether oxygens (including phenoxy) is 1. The maximum absolute atomic E-state index is 13.9. The van der Waals surface area contributed by atoms with Crippen LogP contribution < -0.4 is 10.5 Å². The summed E-state index contributed by atoms with van der Waals surface area (Å²) in [4.78, 5) is 0. The third-order valence-electron chi connectivity index (χ3n) is 3.41. The van der Waals surface area contributed by atoms with Crippen LogP contribution in [0.5, 0.6) is 5.75 Å². The highest BCUT2D eigenvalue weighted by molar-refractivity contribution is 9.10. The van der Waals surface area contributed by atoms with E-state index in [1.54, 1.807) is 12.1 Å². The summed E-state index contributed by atoms with van der Waals surface area (Å²) in [7, 11) is 0. The summed E-state index contributed by atoms with van der Waals surface area (Å²) in [6.45, 7) is 4.01. The normalized spacial score (nSPS) is 13.8. The molecule has 2 atom stereocenters. The van der Waals surface area contributed by atoms with Gasteiger partial charge in [-0.2, -0.15) is 0 Å². The van der Waals surface area contributed by atoms with Gasteiger partial charge >= 0.3 is 0 Å². The minimum absolute atomic E-state index is 0.203. The predicted molar refractivity (Wildman–Crippen MR) is 86.9 cm³/mol. The summed E-state index contributed by atoms with van der Waals surface area (Å²) >= 11 is 3.33. The Labute approximate surface area is 133 Å². The number of hydrogen-bond donors (Lipinski definition) is 1. The fourth-order valence-electron chi connectivity index (χ4n) is 2.08. The molecule has 0 aliphatic carbocycles. The molecule has 4 heteroatoms. The molecule has 2 aromatic carbocycles. The molecule has 0 spiro atoms. The lowest BCUT2D eigenvalue weighted by molar-refractivity contribution is 0.163. The second kappa shape index (κ2) is 7.05. The monoisotopic (exact) mass is 351 g/mol. The highest BCUT2D eigenvalue weighted by Gasteiger charge is 2.22. The Balaban J connectivity index is 2.32. The van der Waals surface area contributed by atoms with E-state index in [2.05, 4.69) is 15.9 Å². The molecule has 2 nitrogen and oxygen atoms in total. The Morgan fingerprint density at radius 2 is 1.86 bits per heavy atom. The second-order valence-corrected chi connectivity index (χ2v) is 6.01. The SMILES string of the molecule is CCC(N)C(Oc1cc(Br)ccc1F)c1ccc(C)cc1. The van der Waals surface area contributed by atoms with Crippen LogP contribution in [0.2, 0.25) is 0 Å². The maximum atomic E-state index is 13.9. The summed E-state index contributed by atoms with van der Waals surface area (Å²) in [5.41, 5.74) is 8.28. The molecule has 0 amide bonds. The highest BCUT2D eigenvalue weighted by atomic mass is 79.9. The molecule has 0 fully saturated rings. The van der Waals surface area contributed by atoms with Gasteiger partial charge in [0.15, 0.2) is 11.6 Å². The molecule has 0 bridgehead atoms. The van der Waals surface area contributed by atoms with Crippen molar-refractivity contribution in [3.05, 3.63) is 63.9 Å². The average molecular weight is 352 g/mol. The molecule has 0 saturated carbocycles. The van der Waals surface area contributed by atoms with E-state index in [-0.39, 0.29) is 17.9 Å². The van der Waals surface area contributed by atoms with E-state index in [1.165, 1.54) is 6.07 Å². The summed E-state index contributed by atoms with van der Waals surface area (Å²) in [5.74, 6) is -0.183. The summed E-state index contributed by atoms with van der Waals surface area (Å²) in [5, 5.41) is 0. The Morgan fingerprint density at radius 3 is 2.48 bits per heavy atom. The fourth-order valence-corrected chi connectivity index (χ4v) is 2.42. The topological polar surface area (TPSA) is 35.2 Å². The number of hydrogen-bond acceptors (Lipinski definition) is 2. The van der Waals surface area contributed by atoms with Gasteiger partial charge in [0.25, 0.3) is 0 Å². The standard InChI is InChI=1S/C17H19BrFNO/c1-3-15(20)17(12-6-4-11(2)5-7-12)21-16-10-13(18)8-9-14(16)19/h4-10,15,17H,3,20H2,1-2H3. The van der Waals surface area contributed by atoms with E-state index in [9.17, 15) is 4.39 Å². The predicted octanol–water partition coefficient (Wildman–Crippen LogP) is 4.75. The molecule has 2 N–H and O–H groups in total. The van der Waals surface area contributed by atoms with E-state index in [0.29, 0.717) is 0 Å². The van der Waals surface area contributed by atoms with E-state index in [0.717, 1.165) is 22.0 Å². The number of nitrogens with two attached hydrogens (primary N) is 1. The maximum Gasteiger partial charge on any atom is 0.165 e. The zero-order valence-electron chi connectivity index (χ0n) is 12.1. The van der Waals surface area contributed by atoms with E-state index >= 15 is 0 Å². The summed E-state index contributed by atoms with van der Waals surface area (Å²) in [6, 6.07) is 12.4. The van der Waals surface area contributed by atoms with Crippen molar-refractivity contribution in [1.82, 2.24) is 0 Å². The van der Waals surface area contributed by atoms with Gasteiger partial charge < -0.3 is 10.5 Å². The Morgan fingerprint density at radius 1 is 1.19 bits per heavy atom. The molecule has 0 aliphatic heterocycles. The zero-order valence-corrected chi connectivity index (χ0v) is 13.7. The van der Waals surface area contributed by atoms with Gasteiger partial charge in [0, 0.05) is 10.5 Å². The zero-order chi connectivity index (χ0) is 15.4. The van der Waals surface area contributed by atoms with Gasteiger partial charge in [-0.25, -0.2) is 4.39 Å². The van der Waals surface area contributed by atoms with Crippen LogP contribution >= 0.6 is 15.9 Å². The van der Waals surface area contributed by atoms with Gasteiger partial charge in [-0.15, -0.1) is 0 Å². The van der Waals surface area contributed by atoms with Gasteiger partial charge in [-0.1, -0.05) is 52.7 Å². The third kappa shape index (κ3) is 4.05. The van der Waals surface area contributed by atoms with Crippen LogP contribution in [-0.4, -0.2) is 6.04 Å². The van der Waals surface area contributed by atoms with Crippen molar-refractivity contribution in [2.75, 3.05) is 0 Å². The van der Waals surface area contributed by atoms with Gasteiger partial charge in [0.05, 0.1) is 0 Å². The number of rotatable bonds is 5. The Hall–Kier alpha value is -1.39. The van der Waals surface area contributed by atoms with E-state index in [4.69, 9.17) is 10.5 Å². The Kier molecular flexibility index (Phi) is 5.37. The molecule has 0 aromatic heterocycles. The van der Waals surface area contributed by atoms with Crippen LogP contribution in [0.3, 0.4) is 0 Å². The summed E-state index contributed by atoms with van der Waals surface area (Å²) in [6.07, 6.45) is 0.369. The molecular formula is C17H19BrFNO. The van der Waals surface area contributed by atoms with Crippen LogP contribution in [0.4, 0.5) is 4.39 Å². The molecule has 2 aromatic rings. The minimum atomic E-state index is -0.390. The average Bonchev–Trinajstić information content (AvgIpc) is 2.48. The van der Waals surface area contributed by atoms with Crippen LogP contribution in [0, 0.1) is 12.7 Å². The van der Waals surface area contributed by atoms with Crippen LogP contribution in [0.25, 0.3) is 0 Å². The molecule has 0 saturated heterocycles. The van der Waals surface area contributed by atoms with Crippen molar-refractivity contribution in [3.63, 3.8) is 0 Å². The first kappa shape index (κ1) is 16.0. The minimum Gasteiger partial charge on any atom is -0.481 e. The van der Waals surface area contributed by atoms with Crippen molar-refractivity contribution < 1.29 is 9.13 Å². The lowest BCUT2D eigenvalue weighted by Crippen LogP contribution is -2.31. The van der Waals surface area contributed by atoms with Crippen molar-refractivity contribution in [1.29, 1.82) is 0 Å². The fraction of sp³-hybridized carbons (Fsp3) is 0.294. The van der Waals surface area contributed by atoms with E-state index < -0.39 is 5.82 Å². The highest BCUT2D eigenvalue weighted by Crippen LogP contribution is 2.29. The Bertz CT molecular complexity index is 600. The molecule has 21 heavy (non-hydrogen) atoms. The first-order valence-corrected chi connectivity index (χ1v) is 7.74. The van der Waals surface area contributed by atoms with Gasteiger partial charge in [0.1, 0.15) is 6.10 Å². The van der Waals surface area contributed by atoms with Gasteiger partial charge in [-0.05, 0) is 37.1 Å². The van der Waals surface area contributed by atoms with Crippen molar-refractivity contribution in [2.24, 2.45) is 5.73 Å². The van der Waals surface area contributed by atoms with Gasteiger partial charge in [-0.3, -0.25) is 0 Å². The van der Waals surface area contributed by atoms with Crippen molar-refractivity contribution >= 4 is 15.9 Å². The van der Waals surface area contributed by atoms with Crippen molar-refractivity contribution in [3.8, 4) is 5.75 Å².